The van der Waals surface area contributed by atoms with Crippen molar-refractivity contribution in [1.29, 1.82) is 0 Å². The van der Waals surface area contributed by atoms with E-state index in [1.165, 1.54) is 0 Å². The van der Waals surface area contributed by atoms with Crippen molar-refractivity contribution in [3.05, 3.63) is 24.3 Å². The number of phenols is 1. The zero-order valence-electron chi connectivity index (χ0n) is 13.2. The van der Waals surface area contributed by atoms with Gasteiger partial charge in [0.1, 0.15) is 5.75 Å². The summed E-state index contributed by atoms with van der Waals surface area (Å²) in [4.78, 5) is 19.1. The number of carbonyl (C=O) groups excluding carboxylic acids is 1. The van der Waals surface area contributed by atoms with E-state index >= 15 is 0 Å². The number of anilines is 1. The van der Waals surface area contributed by atoms with E-state index in [9.17, 15) is 9.90 Å². The Bertz CT molecular complexity index is 503. The van der Waals surface area contributed by atoms with Crippen LogP contribution in [-0.4, -0.2) is 66.1 Å². The second-order valence-corrected chi connectivity index (χ2v) is 6.25. The van der Waals surface area contributed by atoms with Crippen molar-refractivity contribution in [2.24, 2.45) is 0 Å². The van der Waals surface area contributed by atoms with Gasteiger partial charge in [-0.25, -0.2) is 0 Å². The minimum atomic E-state index is -0.0138. The quantitative estimate of drug-likeness (QED) is 0.920. The number of carbonyl (C=O) groups is 1. The molecule has 0 saturated carbocycles. The number of rotatable bonds is 3. The molecule has 5 nitrogen and oxygen atoms in total. The van der Waals surface area contributed by atoms with Gasteiger partial charge in [-0.05, 0) is 44.0 Å². The summed E-state index contributed by atoms with van der Waals surface area (Å²) in [6, 6.07) is 7.33. The number of piperazine rings is 1. The summed E-state index contributed by atoms with van der Waals surface area (Å²) in [6.07, 6.45) is 2.29. The summed E-state index contributed by atoms with van der Waals surface area (Å²) < 4.78 is 0. The fraction of sp³-hybridized carbons (Fsp3) is 0.588. The molecule has 0 aromatic heterocycles. The van der Waals surface area contributed by atoms with Gasteiger partial charge in [0.25, 0.3) is 0 Å². The Morgan fingerprint density at radius 1 is 1.00 bits per heavy atom. The Balaban J connectivity index is 1.54. The lowest BCUT2D eigenvalue weighted by Gasteiger charge is -2.39. The summed E-state index contributed by atoms with van der Waals surface area (Å²) in [5, 5.41) is 9.37. The third kappa shape index (κ3) is 3.19. The molecule has 1 aromatic carbocycles. The van der Waals surface area contributed by atoms with Crippen molar-refractivity contribution in [3.63, 3.8) is 0 Å². The van der Waals surface area contributed by atoms with Gasteiger partial charge in [-0.3, -0.25) is 9.69 Å². The van der Waals surface area contributed by atoms with Gasteiger partial charge in [0.15, 0.2) is 0 Å². The molecule has 1 aromatic rings. The maximum Gasteiger partial charge on any atom is 0.239 e. The van der Waals surface area contributed by atoms with Crippen LogP contribution in [0.25, 0.3) is 0 Å². The Kier molecular flexibility index (Phi) is 4.52. The zero-order chi connectivity index (χ0) is 15.5. The molecular formula is C17H25N3O2. The SMILES string of the molecule is C[C@@H](C(=O)N1CCCC1)N1CCN(c2ccc(O)cc2)CC1. The van der Waals surface area contributed by atoms with E-state index < -0.39 is 0 Å². The molecule has 1 N–H and O–H groups in total. The maximum atomic E-state index is 12.5. The smallest absolute Gasteiger partial charge is 0.239 e. The molecule has 0 spiro atoms. The van der Waals surface area contributed by atoms with Crippen LogP contribution in [0.1, 0.15) is 19.8 Å². The van der Waals surface area contributed by atoms with Crippen molar-refractivity contribution >= 4 is 11.6 Å². The second kappa shape index (κ2) is 6.57. The number of aromatic hydroxyl groups is 1. The summed E-state index contributed by atoms with van der Waals surface area (Å²) >= 11 is 0. The number of phenolic OH excluding ortho intramolecular Hbond substituents is 1. The number of likely N-dealkylation sites (tertiary alicyclic amines) is 1. The van der Waals surface area contributed by atoms with Crippen LogP contribution >= 0.6 is 0 Å². The first-order valence-corrected chi connectivity index (χ1v) is 8.22. The van der Waals surface area contributed by atoms with Crippen LogP contribution < -0.4 is 4.90 Å². The third-order valence-corrected chi connectivity index (χ3v) is 4.85. The fourth-order valence-corrected chi connectivity index (χ4v) is 3.39. The van der Waals surface area contributed by atoms with Gasteiger partial charge in [-0.1, -0.05) is 0 Å². The lowest BCUT2D eigenvalue weighted by Crippen LogP contribution is -2.54. The normalized spacial score (nSPS) is 21.1. The van der Waals surface area contributed by atoms with Crippen molar-refractivity contribution in [1.82, 2.24) is 9.80 Å². The topological polar surface area (TPSA) is 47.0 Å². The van der Waals surface area contributed by atoms with Crippen LogP contribution in [-0.2, 0) is 4.79 Å². The van der Waals surface area contributed by atoms with Gasteiger partial charge in [0, 0.05) is 45.0 Å². The monoisotopic (exact) mass is 303 g/mol. The molecule has 0 aliphatic carbocycles. The van der Waals surface area contributed by atoms with Crippen LogP contribution in [0.15, 0.2) is 24.3 Å². The Morgan fingerprint density at radius 3 is 2.18 bits per heavy atom. The van der Waals surface area contributed by atoms with Gasteiger partial charge in [-0.2, -0.15) is 0 Å². The second-order valence-electron chi connectivity index (χ2n) is 6.25. The van der Waals surface area contributed by atoms with Gasteiger partial charge < -0.3 is 14.9 Å². The maximum absolute atomic E-state index is 12.5. The van der Waals surface area contributed by atoms with E-state index in [1.807, 2.05) is 24.0 Å². The molecule has 0 bridgehead atoms. The Morgan fingerprint density at radius 2 is 1.59 bits per heavy atom. The highest BCUT2D eigenvalue weighted by Gasteiger charge is 2.29. The van der Waals surface area contributed by atoms with E-state index in [0.29, 0.717) is 5.75 Å². The predicted molar refractivity (Wildman–Crippen MR) is 87.2 cm³/mol. The first kappa shape index (κ1) is 15.2. The Hall–Kier alpha value is -1.75. The Labute approximate surface area is 132 Å². The van der Waals surface area contributed by atoms with Crippen LogP contribution in [0, 0.1) is 0 Å². The molecule has 1 atom stereocenters. The van der Waals surface area contributed by atoms with Gasteiger partial charge in [-0.15, -0.1) is 0 Å². The minimum Gasteiger partial charge on any atom is -0.508 e. The summed E-state index contributed by atoms with van der Waals surface area (Å²) in [5.41, 5.74) is 1.14. The number of hydrogen-bond acceptors (Lipinski definition) is 4. The lowest BCUT2D eigenvalue weighted by molar-refractivity contribution is -0.135. The van der Waals surface area contributed by atoms with E-state index in [1.54, 1.807) is 12.1 Å². The van der Waals surface area contributed by atoms with Gasteiger partial charge in [0.2, 0.25) is 5.91 Å². The molecule has 0 radical (unpaired) electrons. The molecule has 120 valence electrons. The molecule has 2 aliphatic heterocycles. The van der Waals surface area contributed by atoms with Crippen LogP contribution in [0.4, 0.5) is 5.69 Å². The molecular weight excluding hydrogens is 278 g/mol. The van der Waals surface area contributed by atoms with Gasteiger partial charge >= 0.3 is 0 Å². The predicted octanol–water partition coefficient (Wildman–Crippen LogP) is 1.53. The van der Waals surface area contributed by atoms with Crippen LogP contribution in [0.2, 0.25) is 0 Å². The van der Waals surface area contributed by atoms with Crippen molar-refractivity contribution in [2.75, 3.05) is 44.2 Å². The van der Waals surface area contributed by atoms with Gasteiger partial charge in [0.05, 0.1) is 6.04 Å². The first-order chi connectivity index (χ1) is 10.6. The summed E-state index contributed by atoms with van der Waals surface area (Å²) in [7, 11) is 0. The molecule has 3 rings (SSSR count). The van der Waals surface area contributed by atoms with E-state index in [2.05, 4.69) is 9.80 Å². The highest BCUT2D eigenvalue weighted by atomic mass is 16.3. The zero-order valence-corrected chi connectivity index (χ0v) is 13.2. The van der Waals surface area contributed by atoms with Crippen LogP contribution in [0.5, 0.6) is 5.75 Å². The van der Waals surface area contributed by atoms with Crippen molar-refractivity contribution in [2.45, 2.75) is 25.8 Å². The highest BCUT2D eigenvalue weighted by molar-refractivity contribution is 5.81. The van der Waals surface area contributed by atoms with E-state index in [4.69, 9.17) is 0 Å². The average Bonchev–Trinajstić information content (AvgIpc) is 3.09. The number of benzene rings is 1. The van der Waals surface area contributed by atoms with Crippen molar-refractivity contribution in [3.8, 4) is 5.75 Å². The number of nitrogens with zero attached hydrogens (tertiary/aromatic N) is 3. The lowest BCUT2D eigenvalue weighted by atomic mass is 10.2. The molecule has 0 unspecified atom stereocenters. The number of amides is 1. The fourth-order valence-electron chi connectivity index (χ4n) is 3.39. The molecule has 2 saturated heterocycles. The van der Waals surface area contributed by atoms with Crippen LogP contribution in [0.3, 0.4) is 0 Å². The highest BCUT2D eigenvalue weighted by Crippen LogP contribution is 2.21. The largest absolute Gasteiger partial charge is 0.508 e. The molecule has 22 heavy (non-hydrogen) atoms. The molecule has 2 heterocycles. The van der Waals surface area contributed by atoms with E-state index in [-0.39, 0.29) is 11.9 Å². The molecule has 2 aliphatic rings. The third-order valence-electron chi connectivity index (χ3n) is 4.85. The molecule has 2 fully saturated rings. The standard InChI is InChI=1S/C17H25N3O2/c1-14(17(22)20-8-2-3-9-20)18-10-12-19(13-11-18)15-4-6-16(21)7-5-15/h4-7,14,21H,2-3,8-13H2,1H3/t14-/m0/s1. The van der Waals surface area contributed by atoms with E-state index in [0.717, 1.165) is 57.8 Å². The molecule has 1 amide bonds. The summed E-state index contributed by atoms with van der Waals surface area (Å²) in [6.45, 7) is 7.54. The first-order valence-electron chi connectivity index (χ1n) is 8.22. The van der Waals surface area contributed by atoms with Crippen molar-refractivity contribution < 1.29 is 9.90 Å². The minimum absolute atomic E-state index is 0.0138. The average molecular weight is 303 g/mol. The number of hydrogen-bond donors (Lipinski definition) is 1. The molecule has 5 heteroatoms. The summed E-state index contributed by atoms with van der Waals surface area (Å²) in [5.74, 6) is 0.586.